The Kier molecular flexibility index (Phi) is 5.74. The Morgan fingerprint density at radius 1 is 1.21 bits per heavy atom. The smallest absolute Gasteiger partial charge is 0.272 e. The minimum Gasteiger partial charge on any atom is -0.497 e. The van der Waals surface area contributed by atoms with Crippen LogP contribution in [-0.2, 0) is 9.53 Å². The second-order valence-electron chi connectivity index (χ2n) is 8.27. The number of methoxy groups -OCH3 is 1. The van der Waals surface area contributed by atoms with Gasteiger partial charge in [-0.25, -0.2) is 0 Å². The molecule has 0 unspecified atom stereocenters. The van der Waals surface area contributed by atoms with Gasteiger partial charge in [0.25, 0.3) is 5.91 Å². The minimum absolute atomic E-state index is 0.122. The number of likely N-dealkylation sites (tertiary alicyclic amines) is 2. The maximum Gasteiger partial charge on any atom is 0.272 e. The Labute approximate surface area is 171 Å². The third-order valence-electron chi connectivity index (χ3n) is 6.63. The van der Waals surface area contributed by atoms with Gasteiger partial charge in [0, 0.05) is 38.4 Å². The number of carbonyl (C=O) groups is 2. The molecule has 3 saturated heterocycles. The molecule has 0 saturated carbocycles. The van der Waals surface area contributed by atoms with Gasteiger partial charge in [-0.2, -0.15) is 0 Å². The van der Waals surface area contributed by atoms with Gasteiger partial charge in [-0.15, -0.1) is 0 Å². The fraction of sp³-hybridized carbons (Fsp3) is 0.667. The van der Waals surface area contributed by atoms with Gasteiger partial charge in [0.05, 0.1) is 31.8 Å². The number of likely N-dealkylation sites (N-methyl/N-ethyl adjacent to an activating group) is 1. The van der Waals surface area contributed by atoms with E-state index in [9.17, 15) is 9.59 Å². The van der Waals surface area contributed by atoms with Gasteiger partial charge in [0.1, 0.15) is 11.4 Å². The molecule has 4 heterocycles. The quantitative estimate of drug-likeness (QED) is 0.747. The number of piperidine rings is 2. The first-order valence-corrected chi connectivity index (χ1v) is 10.4. The monoisotopic (exact) mass is 402 g/mol. The highest BCUT2D eigenvalue weighted by Crippen LogP contribution is 2.44. The number of fused-ring (bicyclic) bond motifs is 1. The van der Waals surface area contributed by atoms with Crippen LogP contribution in [0.15, 0.2) is 18.3 Å². The Hall–Kier alpha value is -2.19. The Bertz CT molecular complexity index is 767. The number of pyridine rings is 1. The molecule has 0 N–H and O–H groups in total. The lowest BCUT2D eigenvalue weighted by atomic mass is 9.67. The maximum atomic E-state index is 13.7. The predicted molar refractivity (Wildman–Crippen MR) is 107 cm³/mol. The van der Waals surface area contributed by atoms with Crippen LogP contribution in [0.5, 0.6) is 5.75 Å². The van der Waals surface area contributed by atoms with Crippen molar-refractivity contribution in [2.75, 3.05) is 60.1 Å². The molecule has 8 heteroatoms. The van der Waals surface area contributed by atoms with Crippen LogP contribution in [0.3, 0.4) is 0 Å². The average molecular weight is 402 g/mol. The standard InChI is InChI=1S/C21H30N4O4/c1-23-9-6-21(20(27)24-10-12-29-13-11-24)5-3-8-25(18(21)15-23)19(26)17-14-16(28-2)4-7-22-17/h4,7,14,18H,3,5-6,8-13,15H2,1-2H3/t18-,21+/m0/s1. The number of rotatable bonds is 3. The topological polar surface area (TPSA) is 75.2 Å². The van der Waals surface area contributed by atoms with Crippen LogP contribution in [0.1, 0.15) is 29.8 Å². The number of aromatic nitrogens is 1. The number of morpholine rings is 1. The molecular formula is C21H30N4O4. The minimum atomic E-state index is -0.517. The van der Waals surface area contributed by atoms with Crippen LogP contribution in [0.4, 0.5) is 0 Å². The van der Waals surface area contributed by atoms with Crippen LogP contribution in [0.25, 0.3) is 0 Å². The van der Waals surface area contributed by atoms with Crippen molar-refractivity contribution in [1.82, 2.24) is 19.7 Å². The maximum absolute atomic E-state index is 13.7. The molecule has 8 nitrogen and oxygen atoms in total. The summed E-state index contributed by atoms with van der Waals surface area (Å²) in [5.74, 6) is 0.676. The summed E-state index contributed by atoms with van der Waals surface area (Å²) in [5.41, 5.74) is -0.149. The first-order valence-electron chi connectivity index (χ1n) is 10.4. The zero-order valence-corrected chi connectivity index (χ0v) is 17.3. The lowest BCUT2D eigenvalue weighted by Gasteiger charge is -2.54. The van der Waals surface area contributed by atoms with E-state index >= 15 is 0 Å². The molecule has 0 aliphatic carbocycles. The molecule has 1 aromatic heterocycles. The van der Waals surface area contributed by atoms with Gasteiger partial charge in [-0.3, -0.25) is 14.6 Å². The van der Waals surface area contributed by atoms with Crippen LogP contribution >= 0.6 is 0 Å². The Morgan fingerprint density at radius 2 is 2.00 bits per heavy atom. The van der Waals surface area contributed by atoms with Crippen LogP contribution in [0.2, 0.25) is 0 Å². The number of carbonyl (C=O) groups excluding carboxylic acids is 2. The number of nitrogens with zero attached hydrogens (tertiary/aromatic N) is 4. The van der Waals surface area contributed by atoms with Gasteiger partial charge < -0.3 is 24.2 Å². The molecule has 158 valence electrons. The van der Waals surface area contributed by atoms with Crippen molar-refractivity contribution in [2.24, 2.45) is 5.41 Å². The van der Waals surface area contributed by atoms with E-state index in [1.807, 2.05) is 9.80 Å². The number of amides is 2. The van der Waals surface area contributed by atoms with Gasteiger partial charge in [-0.1, -0.05) is 0 Å². The number of hydrogen-bond donors (Lipinski definition) is 0. The van der Waals surface area contributed by atoms with Crippen LogP contribution in [-0.4, -0.2) is 97.6 Å². The van der Waals surface area contributed by atoms with E-state index in [4.69, 9.17) is 9.47 Å². The van der Waals surface area contributed by atoms with E-state index < -0.39 is 5.41 Å². The summed E-state index contributed by atoms with van der Waals surface area (Å²) in [6.07, 6.45) is 4.03. The van der Waals surface area contributed by atoms with Crippen molar-refractivity contribution in [1.29, 1.82) is 0 Å². The van der Waals surface area contributed by atoms with Crippen molar-refractivity contribution >= 4 is 11.8 Å². The third-order valence-corrected chi connectivity index (χ3v) is 6.63. The molecular weight excluding hydrogens is 372 g/mol. The molecule has 3 aliphatic heterocycles. The fourth-order valence-electron chi connectivity index (χ4n) is 5.01. The van der Waals surface area contributed by atoms with Crippen molar-refractivity contribution in [2.45, 2.75) is 25.3 Å². The SMILES string of the molecule is COc1ccnc(C(=O)N2CCC[C@@]3(C(=O)N4CCOCC4)CCN(C)C[C@H]23)c1. The third kappa shape index (κ3) is 3.71. The summed E-state index contributed by atoms with van der Waals surface area (Å²) in [6.45, 7) is 4.65. The van der Waals surface area contributed by atoms with E-state index in [-0.39, 0.29) is 17.9 Å². The highest BCUT2D eigenvalue weighted by atomic mass is 16.5. The van der Waals surface area contributed by atoms with Crippen LogP contribution in [0, 0.1) is 5.41 Å². The molecule has 0 aromatic carbocycles. The highest BCUT2D eigenvalue weighted by molar-refractivity contribution is 5.94. The second kappa shape index (κ2) is 8.28. The van der Waals surface area contributed by atoms with E-state index in [1.165, 1.54) is 0 Å². The Balaban J connectivity index is 1.64. The number of ether oxygens (including phenoxy) is 2. The van der Waals surface area contributed by atoms with Gasteiger partial charge in [0.15, 0.2) is 0 Å². The molecule has 1 aromatic rings. The molecule has 29 heavy (non-hydrogen) atoms. The average Bonchev–Trinajstić information content (AvgIpc) is 2.78. The van der Waals surface area contributed by atoms with Crippen molar-refractivity contribution in [3.05, 3.63) is 24.0 Å². The molecule has 2 atom stereocenters. The lowest BCUT2D eigenvalue weighted by molar-refractivity contribution is -0.157. The normalized spacial score (nSPS) is 28.0. The molecule has 0 radical (unpaired) electrons. The first kappa shape index (κ1) is 20.1. The summed E-state index contributed by atoms with van der Waals surface area (Å²) < 4.78 is 10.7. The van der Waals surface area contributed by atoms with E-state index in [0.29, 0.717) is 50.8 Å². The summed E-state index contributed by atoms with van der Waals surface area (Å²) in [5, 5.41) is 0. The zero-order valence-electron chi connectivity index (χ0n) is 17.3. The fourth-order valence-corrected chi connectivity index (χ4v) is 5.01. The summed E-state index contributed by atoms with van der Waals surface area (Å²) >= 11 is 0. The van der Waals surface area contributed by atoms with E-state index in [2.05, 4.69) is 16.9 Å². The molecule has 3 fully saturated rings. The largest absolute Gasteiger partial charge is 0.497 e. The van der Waals surface area contributed by atoms with Crippen molar-refractivity contribution in [3.8, 4) is 5.75 Å². The van der Waals surface area contributed by atoms with E-state index in [1.54, 1.807) is 25.4 Å². The second-order valence-corrected chi connectivity index (χ2v) is 8.27. The summed E-state index contributed by atoms with van der Waals surface area (Å²) in [4.78, 5) is 37.4. The van der Waals surface area contributed by atoms with E-state index in [0.717, 1.165) is 25.8 Å². The van der Waals surface area contributed by atoms with Crippen LogP contribution < -0.4 is 4.74 Å². The summed E-state index contributed by atoms with van der Waals surface area (Å²) in [7, 11) is 3.64. The molecule has 4 rings (SSSR count). The van der Waals surface area contributed by atoms with Gasteiger partial charge >= 0.3 is 0 Å². The van der Waals surface area contributed by atoms with Crippen molar-refractivity contribution < 1.29 is 19.1 Å². The zero-order chi connectivity index (χ0) is 20.4. The predicted octanol–water partition coefficient (Wildman–Crippen LogP) is 0.876. The Morgan fingerprint density at radius 3 is 2.76 bits per heavy atom. The molecule has 0 bridgehead atoms. The van der Waals surface area contributed by atoms with Crippen molar-refractivity contribution in [3.63, 3.8) is 0 Å². The molecule has 2 amide bonds. The molecule has 3 aliphatic rings. The van der Waals surface area contributed by atoms with Gasteiger partial charge in [-0.05, 0) is 38.9 Å². The van der Waals surface area contributed by atoms with Gasteiger partial charge in [0.2, 0.25) is 5.91 Å². The summed E-state index contributed by atoms with van der Waals surface area (Å²) in [6, 6.07) is 3.26. The first-order chi connectivity index (χ1) is 14.0. The number of hydrogen-bond acceptors (Lipinski definition) is 6. The highest BCUT2D eigenvalue weighted by Gasteiger charge is 2.54. The lowest BCUT2D eigenvalue weighted by Crippen LogP contribution is -2.67. The molecule has 0 spiro atoms.